The van der Waals surface area contributed by atoms with E-state index < -0.39 is 5.41 Å². The highest BCUT2D eigenvalue weighted by Crippen LogP contribution is 2.36. The molecule has 0 saturated carbocycles. The molecule has 16 heavy (non-hydrogen) atoms. The van der Waals surface area contributed by atoms with Gasteiger partial charge in [-0.05, 0) is 11.5 Å². The van der Waals surface area contributed by atoms with Crippen molar-refractivity contribution in [1.29, 1.82) is 0 Å². The van der Waals surface area contributed by atoms with E-state index in [4.69, 9.17) is 11.6 Å². The molecule has 0 bridgehead atoms. The Morgan fingerprint density at radius 1 is 1.19 bits per heavy atom. The highest BCUT2D eigenvalue weighted by atomic mass is 35.5. The fourth-order valence-corrected chi connectivity index (χ4v) is 2.91. The lowest BCUT2D eigenvalue weighted by atomic mass is 9.88. The Hall–Kier alpha value is -0.410. The minimum Gasteiger partial charge on any atom is -0.293 e. The van der Waals surface area contributed by atoms with Gasteiger partial charge in [0.2, 0.25) is 0 Å². The molecule has 1 rings (SSSR count). The van der Waals surface area contributed by atoms with Gasteiger partial charge < -0.3 is 0 Å². The lowest BCUT2D eigenvalue weighted by molar-refractivity contribution is 0.0863. The molecule has 1 aromatic heterocycles. The summed E-state index contributed by atoms with van der Waals surface area (Å²) in [5.74, 6) is 0.0606. The monoisotopic (exact) mass is 259 g/mol. The van der Waals surface area contributed by atoms with Gasteiger partial charge in [0.05, 0.1) is 10.7 Å². The minimum absolute atomic E-state index is 0.0606. The average molecular weight is 260 g/mol. The second kappa shape index (κ2) is 4.11. The third-order valence-electron chi connectivity index (χ3n) is 2.23. The molecule has 90 valence electrons. The summed E-state index contributed by atoms with van der Waals surface area (Å²) in [7, 11) is 0. The lowest BCUT2D eigenvalue weighted by Gasteiger charge is -2.17. The first-order valence-electron chi connectivity index (χ1n) is 5.25. The van der Waals surface area contributed by atoms with Crippen LogP contribution in [-0.4, -0.2) is 10.2 Å². The van der Waals surface area contributed by atoms with Gasteiger partial charge in [-0.1, -0.05) is 53.1 Å². The van der Waals surface area contributed by atoms with Crippen LogP contribution in [0.3, 0.4) is 0 Å². The van der Waals surface area contributed by atoms with Crippen LogP contribution in [-0.2, 0) is 5.41 Å². The third-order valence-corrected chi connectivity index (χ3v) is 3.56. The molecule has 0 N–H and O–H groups in total. The summed E-state index contributed by atoms with van der Waals surface area (Å²) in [4.78, 5) is 12.7. The number of hydrogen-bond acceptors (Lipinski definition) is 3. The van der Waals surface area contributed by atoms with Crippen LogP contribution in [0.4, 0.5) is 0 Å². The van der Waals surface area contributed by atoms with Crippen LogP contribution in [0.2, 0.25) is 5.02 Å². The second-order valence-electron chi connectivity index (χ2n) is 6.00. The van der Waals surface area contributed by atoms with Gasteiger partial charge in [0.1, 0.15) is 4.88 Å². The molecule has 0 atom stereocenters. The standard InChI is InChI=1S/C12H18ClNOS/c1-11(2,3)9-7(13)8(16-14-9)10(15)12(4,5)6/h1-6H3. The Labute approximate surface area is 106 Å². The Balaban J connectivity index is 3.21. The van der Waals surface area contributed by atoms with Gasteiger partial charge in [-0.15, -0.1) is 0 Å². The highest BCUT2D eigenvalue weighted by molar-refractivity contribution is 7.09. The maximum atomic E-state index is 12.1. The van der Waals surface area contributed by atoms with E-state index in [-0.39, 0.29) is 11.2 Å². The number of carbonyl (C=O) groups excluding carboxylic acids is 1. The third kappa shape index (κ3) is 2.64. The zero-order chi connectivity index (χ0) is 12.7. The maximum Gasteiger partial charge on any atom is 0.181 e. The molecule has 0 aliphatic carbocycles. The summed E-state index contributed by atoms with van der Waals surface area (Å²) in [6, 6.07) is 0. The molecule has 0 aromatic carbocycles. The van der Waals surface area contributed by atoms with Gasteiger partial charge in [0.15, 0.2) is 5.78 Å². The molecule has 0 fully saturated rings. The van der Waals surface area contributed by atoms with E-state index in [9.17, 15) is 4.79 Å². The number of ketones is 1. The van der Waals surface area contributed by atoms with Crippen molar-refractivity contribution in [3.63, 3.8) is 0 Å². The Morgan fingerprint density at radius 3 is 2.00 bits per heavy atom. The van der Waals surface area contributed by atoms with Crippen molar-refractivity contribution in [2.75, 3.05) is 0 Å². The zero-order valence-electron chi connectivity index (χ0n) is 10.6. The molecule has 2 nitrogen and oxygen atoms in total. The number of nitrogens with zero attached hydrogens (tertiary/aromatic N) is 1. The van der Waals surface area contributed by atoms with Crippen molar-refractivity contribution < 1.29 is 4.79 Å². The maximum absolute atomic E-state index is 12.1. The molecule has 0 unspecified atom stereocenters. The molecular weight excluding hydrogens is 242 g/mol. The number of halogens is 1. The summed E-state index contributed by atoms with van der Waals surface area (Å²) >= 11 is 7.44. The van der Waals surface area contributed by atoms with Gasteiger partial charge in [0, 0.05) is 10.8 Å². The number of Topliss-reactive ketones (excluding diaryl/α,β-unsaturated/α-hetero) is 1. The van der Waals surface area contributed by atoms with Gasteiger partial charge in [0.25, 0.3) is 0 Å². The predicted octanol–water partition coefficient (Wildman–Crippen LogP) is 4.32. The largest absolute Gasteiger partial charge is 0.293 e. The van der Waals surface area contributed by atoms with Crippen LogP contribution in [0.25, 0.3) is 0 Å². The molecule has 0 aliphatic rings. The average Bonchev–Trinajstić information content (AvgIpc) is 2.42. The Morgan fingerprint density at radius 2 is 1.69 bits per heavy atom. The van der Waals surface area contributed by atoms with E-state index >= 15 is 0 Å². The van der Waals surface area contributed by atoms with Crippen LogP contribution in [0.5, 0.6) is 0 Å². The Kier molecular flexibility index (Phi) is 3.51. The highest BCUT2D eigenvalue weighted by Gasteiger charge is 2.31. The van der Waals surface area contributed by atoms with Crippen molar-refractivity contribution in [3.8, 4) is 0 Å². The van der Waals surface area contributed by atoms with Crippen LogP contribution in [0.1, 0.15) is 56.9 Å². The number of carbonyl (C=O) groups is 1. The fourth-order valence-electron chi connectivity index (χ4n) is 1.23. The number of rotatable bonds is 1. The molecule has 0 saturated heterocycles. The number of hydrogen-bond donors (Lipinski definition) is 0. The van der Waals surface area contributed by atoms with Crippen molar-refractivity contribution in [2.24, 2.45) is 5.41 Å². The van der Waals surface area contributed by atoms with Crippen LogP contribution in [0.15, 0.2) is 0 Å². The molecule has 0 aliphatic heterocycles. The minimum atomic E-state index is -0.411. The molecule has 1 aromatic rings. The van der Waals surface area contributed by atoms with E-state index in [1.807, 2.05) is 41.5 Å². The fraction of sp³-hybridized carbons (Fsp3) is 0.667. The smallest absolute Gasteiger partial charge is 0.181 e. The van der Waals surface area contributed by atoms with Crippen LogP contribution < -0.4 is 0 Å². The number of aromatic nitrogens is 1. The van der Waals surface area contributed by atoms with Crippen LogP contribution in [0, 0.1) is 5.41 Å². The van der Waals surface area contributed by atoms with Crippen molar-refractivity contribution in [2.45, 2.75) is 47.0 Å². The van der Waals surface area contributed by atoms with Gasteiger partial charge in [-0.3, -0.25) is 4.79 Å². The summed E-state index contributed by atoms with van der Waals surface area (Å²) in [5.41, 5.74) is 0.279. The van der Waals surface area contributed by atoms with E-state index in [2.05, 4.69) is 4.37 Å². The zero-order valence-corrected chi connectivity index (χ0v) is 12.2. The SMILES string of the molecule is CC(C)(C)C(=O)c1snc(C(C)(C)C)c1Cl. The topological polar surface area (TPSA) is 30.0 Å². The quantitative estimate of drug-likeness (QED) is 0.703. The summed E-state index contributed by atoms with van der Waals surface area (Å²) < 4.78 is 4.31. The molecule has 4 heteroatoms. The first kappa shape index (κ1) is 13.7. The van der Waals surface area contributed by atoms with Gasteiger partial charge in [-0.25, -0.2) is 0 Å². The summed E-state index contributed by atoms with van der Waals surface area (Å²) in [6.45, 7) is 11.8. The first-order chi connectivity index (χ1) is 7.05. The molecular formula is C12H18ClNOS. The van der Waals surface area contributed by atoms with Crippen molar-refractivity contribution in [1.82, 2.24) is 4.37 Å². The lowest BCUT2D eigenvalue weighted by Crippen LogP contribution is -2.20. The van der Waals surface area contributed by atoms with E-state index in [1.54, 1.807) is 0 Å². The normalized spacial score (nSPS) is 12.9. The Bertz CT molecular complexity index is 410. The molecule has 0 spiro atoms. The second-order valence-corrected chi connectivity index (χ2v) is 7.15. The molecule has 0 amide bonds. The first-order valence-corrected chi connectivity index (χ1v) is 6.40. The molecule has 1 heterocycles. The molecule has 0 radical (unpaired) electrons. The van der Waals surface area contributed by atoms with Crippen LogP contribution >= 0.6 is 23.1 Å². The van der Waals surface area contributed by atoms with E-state index in [0.29, 0.717) is 9.90 Å². The summed E-state index contributed by atoms with van der Waals surface area (Å²) in [6.07, 6.45) is 0. The summed E-state index contributed by atoms with van der Waals surface area (Å²) in [5, 5.41) is 0.525. The van der Waals surface area contributed by atoms with E-state index in [0.717, 1.165) is 5.69 Å². The predicted molar refractivity (Wildman–Crippen MR) is 69.6 cm³/mol. The van der Waals surface area contributed by atoms with Gasteiger partial charge >= 0.3 is 0 Å². The van der Waals surface area contributed by atoms with Crippen molar-refractivity contribution >= 4 is 28.9 Å². The van der Waals surface area contributed by atoms with E-state index in [1.165, 1.54) is 11.5 Å². The van der Waals surface area contributed by atoms with Gasteiger partial charge in [-0.2, -0.15) is 4.37 Å². The van der Waals surface area contributed by atoms with Crippen molar-refractivity contribution in [3.05, 3.63) is 15.6 Å².